The lowest BCUT2D eigenvalue weighted by Gasteiger charge is -1.95. The minimum atomic E-state index is -0.670. The molecule has 1 aromatic carbocycles. The molecule has 0 heterocycles. The standard InChI is InChI=1S/C9H5BrClNO/c10-7-2-3-8(11)6(5-7)1-4-9(12)13/h2-3,5H,(H2,12,13). The first kappa shape index (κ1) is 10.1. The van der Waals surface area contributed by atoms with Crippen molar-refractivity contribution in [2.45, 2.75) is 0 Å². The zero-order valence-electron chi connectivity index (χ0n) is 6.47. The molecule has 1 rings (SSSR count). The molecular formula is C9H5BrClNO. The number of nitrogens with two attached hydrogens (primary N) is 1. The highest BCUT2D eigenvalue weighted by Gasteiger charge is 1.97. The molecule has 0 radical (unpaired) electrons. The Morgan fingerprint density at radius 1 is 1.54 bits per heavy atom. The molecule has 0 saturated carbocycles. The average Bonchev–Trinajstić information content (AvgIpc) is 2.06. The third-order valence-corrected chi connectivity index (χ3v) is 2.07. The highest BCUT2D eigenvalue weighted by molar-refractivity contribution is 9.10. The highest BCUT2D eigenvalue weighted by atomic mass is 79.9. The van der Waals surface area contributed by atoms with Crippen LogP contribution >= 0.6 is 27.5 Å². The number of benzene rings is 1. The van der Waals surface area contributed by atoms with Crippen LogP contribution in [0.25, 0.3) is 0 Å². The van der Waals surface area contributed by atoms with Crippen molar-refractivity contribution < 1.29 is 4.79 Å². The van der Waals surface area contributed by atoms with Crippen LogP contribution in [0, 0.1) is 11.8 Å². The van der Waals surface area contributed by atoms with Gasteiger partial charge in [0.1, 0.15) is 0 Å². The summed E-state index contributed by atoms with van der Waals surface area (Å²) in [6, 6.07) is 5.20. The Balaban J connectivity index is 3.09. The van der Waals surface area contributed by atoms with Crippen LogP contribution < -0.4 is 5.73 Å². The van der Waals surface area contributed by atoms with Gasteiger partial charge in [-0.15, -0.1) is 0 Å². The molecule has 2 nitrogen and oxygen atoms in total. The summed E-state index contributed by atoms with van der Waals surface area (Å²) in [6.07, 6.45) is 0. The summed E-state index contributed by atoms with van der Waals surface area (Å²) in [5.74, 6) is 4.11. The van der Waals surface area contributed by atoms with Gasteiger partial charge in [0.05, 0.1) is 5.02 Å². The molecule has 0 aromatic heterocycles. The maximum absolute atomic E-state index is 10.4. The summed E-state index contributed by atoms with van der Waals surface area (Å²) in [7, 11) is 0. The Morgan fingerprint density at radius 2 is 2.23 bits per heavy atom. The van der Waals surface area contributed by atoms with Gasteiger partial charge in [-0.25, -0.2) is 0 Å². The van der Waals surface area contributed by atoms with E-state index < -0.39 is 5.91 Å². The molecule has 0 unspecified atom stereocenters. The molecule has 0 fully saturated rings. The molecule has 0 aliphatic rings. The maximum atomic E-state index is 10.4. The third kappa shape index (κ3) is 3.10. The van der Waals surface area contributed by atoms with Crippen molar-refractivity contribution in [2.75, 3.05) is 0 Å². The monoisotopic (exact) mass is 257 g/mol. The fourth-order valence-electron chi connectivity index (χ4n) is 0.722. The second-order valence-corrected chi connectivity index (χ2v) is 3.56. The Morgan fingerprint density at radius 3 is 2.85 bits per heavy atom. The number of hydrogen-bond acceptors (Lipinski definition) is 1. The topological polar surface area (TPSA) is 43.1 Å². The number of carbonyl (C=O) groups excluding carboxylic acids is 1. The Bertz CT molecular complexity index is 406. The van der Waals surface area contributed by atoms with E-state index in [4.69, 9.17) is 17.3 Å². The first-order chi connectivity index (χ1) is 6.09. The summed E-state index contributed by atoms with van der Waals surface area (Å²) in [5, 5.41) is 0.497. The zero-order chi connectivity index (χ0) is 9.84. The second-order valence-electron chi connectivity index (χ2n) is 2.24. The minimum Gasteiger partial charge on any atom is -0.359 e. The minimum absolute atomic E-state index is 0.497. The molecule has 4 heteroatoms. The van der Waals surface area contributed by atoms with Crippen LogP contribution in [-0.2, 0) is 4.79 Å². The third-order valence-electron chi connectivity index (χ3n) is 1.25. The van der Waals surface area contributed by atoms with Gasteiger partial charge < -0.3 is 5.73 Å². The van der Waals surface area contributed by atoms with Crippen LogP contribution in [0.2, 0.25) is 5.02 Å². The second kappa shape index (κ2) is 4.31. The molecule has 13 heavy (non-hydrogen) atoms. The lowest BCUT2D eigenvalue weighted by molar-refractivity contribution is -0.112. The van der Waals surface area contributed by atoms with Crippen LogP contribution in [0.15, 0.2) is 22.7 Å². The number of hydrogen-bond donors (Lipinski definition) is 1. The van der Waals surface area contributed by atoms with Crippen molar-refractivity contribution in [3.8, 4) is 11.8 Å². The molecular weight excluding hydrogens is 253 g/mol. The Labute approximate surface area is 89.2 Å². The van der Waals surface area contributed by atoms with E-state index in [0.29, 0.717) is 10.6 Å². The lowest BCUT2D eigenvalue weighted by atomic mass is 10.2. The van der Waals surface area contributed by atoms with Gasteiger partial charge >= 0.3 is 0 Å². The van der Waals surface area contributed by atoms with Crippen LogP contribution in [0.1, 0.15) is 5.56 Å². The van der Waals surface area contributed by atoms with Crippen LogP contribution in [-0.4, -0.2) is 5.91 Å². The smallest absolute Gasteiger partial charge is 0.293 e. The molecule has 1 amide bonds. The molecule has 1 aromatic rings. The van der Waals surface area contributed by atoms with E-state index in [1.54, 1.807) is 18.2 Å². The van der Waals surface area contributed by atoms with Gasteiger partial charge in [-0.2, -0.15) is 0 Å². The van der Waals surface area contributed by atoms with Crippen molar-refractivity contribution in [2.24, 2.45) is 5.73 Å². The van der Waals surface area contributed by atoms with E-state index in [0.717, 1.165) is 4.47 Å². The molecule has 0 atom stereocenters. The number of primary amides is 1. The van der Waals surface area contributed by atoms with Gasteiger partial charge in [0.25, 0.3) is 5.91 Å². The fourth-order valence-corrected chi connectivity index (χ4v) is 1.25. The van der Waals surface area contributed by atoms with E-state index in [9.17, 15) is 4.79 Å². The Kier molecular flexibility index (Phi) is 3.35. The normalized spacial score (nSPS) is 8.77. The van der Waals surface area contributed by atoms with Crippen LogP contribution in [0.3, 0.4) is 0 Å². The lowest BCUT2D eigenvalue weighted by Crippen LogP contribution is -2.06. The quantitative estimate of drug-likeness (QED) is 0.710. The van der Waals surface area contributed by atoms with E-state index >= 15 is 0 Å². The first-order valence-corrected chi connectivity index (χ1v) is 4.53. The molecule has 0 spiro atoms. The van der Waals surface area contributed by atoms with Crippen molar-refractivity contribution in [3.05, 3.63) is 33.3 Å². The van der Waals surface area contributed by atoms with Crippen molar-refractivity contribution in [3.63, 3.8) is 0 Å². The van der Waals surface area contributed by atoms with E-state index in [2.05, 4.69) is 27.8 Å². The number of carbonyl (C=O) groups is 1. The predicted octanol–water partition coefficient (Wildman–Crippen LogP) is 1.94. The van der Waals surface area contributed by atoms with Crippen molar-refractivity contribution in [1.82, 2.24) is 0 Å². The van der Waals surface area contributed by atoms with E-state index in [-0.39, 0.29) is 0 Å². The van der Waals surface area contributed by atoms with Gasteiger partial charge in [0, 0.05) is 16.0 Å². The molecule has 66 valence electrons. The largest absolute Gasteiger partial charge is 0.359 e. The highest BCUT2D eigenvalue weighted by Crippen LogP contribution is 2.19. The van der Waals surface area contributed by atoms with Gasteiger partial charge in [0.15, 0.2) is 0 Å². The summed E-state index contributed by atoms with van der Waals surface area (Å²) in [6.45, 7) is 0. The average molecular weight is 259 g/mol. The number of rotatable bonds is 0. The summed E-state index contributed by atoms with van der Waals surface area (Å²) < 4.78 is 0.852. The van der Waals surface area contributed by atoms with E-state index in [1.807, 2.05) is 0 Å². The van der Waals surface area contributed by atoms with Gasteiger partial charge in [-0.05, 0) is 18.2 Å². The first-order valence-electron chi connectivity index (χ1n) is 3.36. The molecule has 0 aliphatic carbocycles. The van der Waals surface area contributed by atoms with Crippen LogP contribution in [0.5, 0.6) is 0 Å². The summed E-state index contributed by atoms with van der Waals surface area (Å²) >= 11 is 9.06. The zero-order valence-corrected chi connectivity index (χ0v) is 8.82. The Hall–Kier alpha value is -0.980. The number of amides is 1. The summed E-state index contributed by atoms with van der Waals surface area (Å²) in [4.78, 5) is 10.4. The van der Waals surface area contributed by atoms with Gasteiger partial charge in [-0.1, -0.05) is 33.5 Å². The molecule has 2 N–H and O–H groups in total. The molecule has 0 saturated heterocycles. The van der Waals surface area contributed by atoms with Crippen molar-refractivity contribution in [1.29, 1.82) is 0 Å². The molecule has 0 aliphatic heterocycles. The SMILES string of the molecule is NC(=O)C#Cc1cc(Br)ccc1Cl. The number of halogens is 2. The van der Waals surface area contributed by atoms with E-state index in [1.165, 1.54) is 0 Å². The maximum Gasteiger partial charge on any atom is 0.293 e. The van der Waals surface area contributed by atoms with Crippen LogP contribution in [0.4, 0.5) is 0 Å². The predicted molar refractivity (Wildman–Crippen MR) is 55.2 cm³/mol. The fraction of sp³-hybridized carbons (Fsp3) is 0. The van der Waals surface area contributed by atoms with Crippen molar-refractivity contribution >= 4 is 33.4 Å². The van der Waals surface area contributed by atoms with Gasteiger partial charge in [-0.3, -0.25) is 4.79 Å². The molecule has 0 bridgehead atoms. The summed E-state index contributed by atoms with van der Waals surface area (Å²) in [5.41, 5.74) is 5.44. The van der Waals surface area contributed by atoms with Gasteiger partial charge in [0.2, 0.25) is 0 Å².